The second-order valence-corrected chi connectivity index (χ2v) is 5.61. The molecule has 110 valence electrons. The fourth-order valence-corrected chi connectivity index (χ4v) is 2.79. The summed E-state index contributed by atoms with van der Waals surface area (Å²) in [4.78, 5) is 13.6. The predicted octanol–water partition coefficient (Wildman–Crippen LogP) is 0.518. The molecule has 1 heterocycles. The fourth-order valence-electron chi connectivity index (χ4n) is 2.79. The van der Waals surface area contributed by atoms with Gasteiger partial charge in [-0.25, -0.2) is 0 Å². The van der Waals surface area contributed by atoms with Gasteiger partial charge in [-0.05, 0) is 25.7 Å². The first kappa shape index (κ1) is 14.8. The van der Waals surface area contributed by atoms with Crippen molar-refractivity contribution in [2.45, 2.75) is 50.7 Å². The van der Waals surface area contributed by atoms with Gasteiger partial charge in [-0.3, -0.25) is 4.79 Å². The summed E-state index contributed by atoms with van der Waals surface area (Å²) in [6.07, 6.45) is 6.76. The van der Waals surface area contributed by atoms with Crippen LogP contribution in [0.1, 0.15) is 38.5 Å². The molecule has 1 aliphatic heterocycles. The molecule has 0 bridgehead atoms. The molecule has 2 aliphatic rings. The normalized spacial score (nSPS) is 22.1. The van der Waals surface area contributed by atoms with Crippen molar-refractivity contribution < 1.29 is 14.6 Å². The molecule has 1 atom stereocenters. The van der Waals surface area contributed by atoms with Gasteiger partial charge >= 0.3 is 0 Å². The Balaban J connectivity index is 1.50. The highest BCUT2D eigenvalue weighted by Gasteiger charge is 2.19. The highest BCUT2D eigenvalue weighted by Crippen LogP contribution is 2.20. The van der Waals surface area contributed by atoms with Crippen molar-refractivity contribution in [2.24, 2.45) is 0 Å². The van der Waals surface area contributed by atoms with Crippen LogP contribution in [0.5, 0.6) is 0 Å². The Hall–Kier alpha value is -0.650. The molecule has 5 heteroatoms. The first-order valence-electron chi connectivity index (χ1n) is 7.54. The van der Waals surface area contributed by atoms with Crippen LogP contribution in [0, 0.1) is 0 Å². The Morgan fingerprint density at radius 3 is 2.63 bits per heavy atom. The van der Waals surface area contributed by atoms with E-state index in [4.69, 9.17) is 4.74 Å². The third kappa shape index (κ3) is 5.09. The van der Waals surface area contributed by atoms with Crippen molar-refractivity contribution in [3.05, 3.63) is 0 Å². The van der Waals surface area contributed by atoms with E-state index in [1.165, 1.54) is 12.8 Å². The molecule has 0 aromatic rings. The van der Waals surface area contributed by atoms with Crippen LogP contribution in [0.4, 0.5) is 0 Å². The largest absolute Gasteiger partial charge is 0.389 e. The van der Waals surface area contributed by atoms with Crippen LogP contribution in [0.15, 0.2) is 0 Å². The molecule has 5 nitrogen and oxygen atoms in total. The highest BCUT2D eigenvalue weighted by molar-refractivity contribution is 5.78. The first-order valence-corrected chi connectivity index (χ1v) is 7.54. The number of carbonyl (C=O) groups excluding carboxylic acids is 1. The van der Waals surface area contributed by atoms with E-state index in [1.54, 1.807) is 0 Å². The van der Waals surface area contributed by atoms with Gasteiger partial charge in [0.25, 0.3) is 0 Å². The number of rotatable bonds is 7. The third-order valence-electron chi connectivity index (χ3n) is 3.94. The van der Waals surface area contributed by atoms with Crippen LogP contribution in [0.2, 0.25) is 0 Å². The van der Waals surface area contributed by atoms with Crippen molar-refractivity contribution >= 4 is 5.91 Å². The van der Waals surface area contributed by atoms with E-state index in [2.05, 4.69) is 5.32 Å². The zero-order valence-electron chi connectivity index (χ0n) is 11.6. The van der Waals surface area contributed by atoms with Gasteiger partial charge in [-0.2, -0.15) is 0 Å². The summed E-state index contributed by atoms with van der Waals surface area (Å²) < 4.78 is 5.64. The monoisotopic (exact) mass is 270 g/mol. The third-order valence-corrected chi connectivity index (χ3v) is 3.94. The summed E-state index contributed by atoms with van der Waals surface area (Å²) >= 11 is 0. The van der Waals surface area contributed by atoms with E-state index < -0.39 is 6.10 Å². The number of nitrogens with one attached hydrogen (secondary N) is 1. The molecular formula is C14H26N2O3. The van der Waals surface area contributed by atoms with Gasteiger partial charge in [0.05, 0.1) is 25.4 Å². The minimum atomic E-state index is -0.521. The molecule has 0 spiro atoms. The highest BCUT2D eigenvalue weighted by atomic mass is 16.5. The molecule has 1 saturated heterocycles. The van der Waals surface area contributed by atoms with Gasteiger partial charge in [0.2, 0.25) is 5.91 Å². The summed E-state index contributed by atoms with van der Waals surface area (Å²) in [7, 11) is 0. The van der Waals surface area contributed by atoms with Crippen molar-refractivity contribution in [3.63, 3.8) is 0 Å². The van der Waals surface area contributed by atoms with Crippen LogP contribution in [0.3, 0.4) is 0 Å². The predicted molar refractivity (Wildman–Crippen MR) is 72.9 cm³/mol. The summed E-state index contributed by atoms with van der Waals surface area (Å²) in [6.45, 7) is 2.88. The Labute approximate surface area is 115 Å². The molecule has 1 aliphatic carbocycles. The number of nitrogens with zero attached hydrogens (tertiary/aromatic N) is 1. The molecule has 19 heavy (non-hydrogen) atoms. The van der Waals surface area contributed by atoms with Crippen LogP contribution >= 0.6 is 0 Å². The number of likely N-dealkylation sites (tertiary alicyclic amines) is 1. The maximum atomic E-state index is 11.7. The van der Waals surface area contributed by atoms with Crippen molar-refractivity contribution in [3.8, 4) is 0 Å². The first-order chi connectivity index (χ1) is 9.25. The summed E-state index contributed by atoms with van der Waals surface area (Å²) in [6, 6.07) is 0. The number of aliphatic hydroxyl groups excluding tert-OH is 1. The van der Waals surface area contributed by atoms with E-state index in [0.717, 1.165) is 38.8 Å². The van der Waals surface area contributed by atoms with E-state index in [-0.39, 0.29) is 5.91 Å². The van der Waals surface area contributed by atoms with E-state index >= 15 is 0 Å². The molecule has 2 N–H and O–H groups in total. The summed E-state index contributed by atoms with van der Waals surface area (Å²) in [5.41, 5.74) is 0. The minimum Gasteiger partial charge on any atom is -0.389 e. The van der Waals surface area contributed by atoms with E-state index in [0.29, 0.717) is 25.8 Å². The number of amides is 1. The SMILES string of the molecule is O=C(CNCC(O)COC1CCCC1)N1CCCC1. The lowest BCUT2D eigenvalue weighted by molar-refractivity contribution is -0.129. The van der Waals surface area contributed by atoms with E-state index in [1.807, 2.05) is 4.90 Å². The zero-order valence-corrected chi connectivity index (χ0v) is 11.6. The Bertz CT molecular complexity index is 274. The van der Waals surface area contributed by atoms with Gasteiger partial charge in [-0.1, -0.05) is 12.8 Å². The van der Waals surface area contributed by atoms with Crippen molar-refractivity contribution in [1.82, 2.24) is 10.2 Å². The smallest absolute Gasteiger partial charge is 0.236 e. The van der Waals surface area contributed by atoms with Gasteiger partial charge in [-0.15, -0.1) is 0 Å². The molecule has 2 fully saturated rings. The van der Waals surface area contributed by atoms with Crippen LogP contribution < -0.4 is 5.32 Å². The lowest BCUT2D eigenvalue weighted by Crippen LogP contribution is -2.40. The molecule has 1 saturated carbocycles. The van der Waals surface area contributed by atoms with Crippen molar-refractivity contribution in [1.29, 1.82) is 0 Å². The second kappa shape index (κ2) is 7.82. The lowest BCUT2D eigenvalue weighted by Gasteiger charge is -2.18. The average Bonchev–Trinajstić information content (AvgIpc) is 3.09. The number of aliphatic hydroxyl groups is 1. The fraction of sp³-hybridized carbons (Fsp3) is 0.929. The quantitative estimate of drug-likeness (QED) is 0.708. The molecular weight excluding hydrogens is 244 g/mol. The Morgan fingerprint density at radius 2 is 1.95 bits per heavy atom. The van der Waals surface area contributed by atoms with Gasteiger partial charge in [0.1, 0.15) is 0 Å². The summed E-state index contributed by atoms with van der Waals surface area (Å²) in [5, 5.41) is 12.8. The van der Waals surface area contributed by atoms with Gasteiger partial charge in [0, 0.05) is 19.6 Å². The standard InChI is InChI=1S/C14H26N2O3/c17-12(11-19-13-5-1-2-6-13)9-15-10-14(18)16-7-3-4-8-16/h12-13,15,17H,1-11H2. The number of carbonyl (C=O) groups is 1. The van der Waals surface area contributed by atoms with Gasteiger partial charge < -0.3 is 20.1 Å². The zero-order chi connectivity index (χ0) is 13.5. The Kier molecular flexibility index (Phi) is 6.07. The molecule has 0 radical (unpaired) electrons. The molecule has 0 aromatic carbocycles. The van der Waals surface area contributed by atoms with Crippen molar-refractivity contribution in [2.75, 3.05) is 32.8 Å². The number of hydrogen-bond acceptors (Lipinski definition) is 4. The Morgan fingerprint density at radius 1 is 1.26 bits per heavy atom. The second-order valence-electron chi connectivity index (χ2n) is 5.61. The average molecular weight is 270 g/mol. The van der Waals surface area contributed by atoms with Gasteiger partial charge in [0.15, 0.2) is 0 Å². The molecule has 1 amide bonds. The maximum Gasteiger partial charge on any atom is 0.236 e. The molecule has 1 unspecified atom stereocenters. The number of hydrogen-bond donors (Lipinski definition) is 2. The van der Waals surface area contributed by atoms with Crippen LogP contribution in [0.25, 0.3) is 0 Å². The minimum absolute atomic E-state index is 0.140. The van der Waals surface area contributed by atoms with E-state index in [9.17, 15) is 9.90 Å². The molecule has 0 aromatic heterocycles. The van der Waals surface area contributed by atoms with Crippen LogP contribution in [-0.4, -0.2) is 60.9 Å². The topological polar surface area (TPSA) is 61.8 Å². The summed E-state index contributed by atoms with van der Waals surface area (Å²) in [5.74, 6) is 0.140. The lowest BCUT2D eigenvalue weighted by atomic mass is 10.3. The maximum absolute atomic E-state index is 11.7. The number of ether oxygens (including phenoxy) is 1. The van der Waals surface area contributed by atoms with Crippen LogP contribution in [-0.2, 0) is 9.53 Å². The molecule has 2 rings (SSSR count).